The van der Waals surface area contributed by atoms with Crippen LogP contribution in [0.5, 0.6) is 0 Å². The lowest BCUT2D eigenvalue weighted by Crippen LogP contribution is -2.57. The number of anilines is 1. The third-order valence-corrected chi connectivity index (χ3v) is 4.63. The summed E-state index contributed by atoms with van der Waals surface area (Å²) in [6.07, 6.45) is 7.27. The highest BCUT2D eigenvalue weighted by Crippen LogP contribution is 2.45. The predicted octanol–water partition coefficient (Wildman–Crippen LogP) is 4.22. The number of rotatable bonds is 1. The van der Waals surface area contributed by atoms with E-state index >= 15 is 0 Å². The molecule has 16 heavy (non-hydrogen) atoms. The smallest absolute Gasteiger partial charge is 0.0377 e. The molecule has 1 aromatic carbocycles. The summed E-state index contributed by atoms with van der Waals surface area (Å²) >= 11 is 3.54. The van der Waals surface area contributed by atoms with E-state index in [-0.39, 0.29) is 0 Å². The molecule has 1 nitrogen and oxygen atoms in total. The second-order valence-corrected chi connectivity index (χ2v) is 6.31. The lowest BCUT2D eigenvalue weighted by Gasteiger charge is -2.53. The highest BCUT2D eigenvalue weighted by Gasteiger charge is 2.43. The van der Waals surface area contributed by atoms with Gasteiger partial charge in [-0.1, -0.05) is 41.3 Å². The van der Waals surface area contributed by atoms with Crippen molar-refractivity contribution >= 4 is 21.6 Å². The zero-order valence-electron chi connectivity index (χ0n) is 9.58. The van der Waals surface area contributed by atoms with E-state index in [2.05, 4.69) is 45.1 Å². The first-order valence-corrected chi connectivity index (χ1v) is 7.07. The van der Waals surface area contributed by atoms with Crippen molar-refractivity contribution in [1.82, 2.24) is 0 Å². The molecule has 0 unspecified atom stereocenters. The fraction of sp³-hybridized carbons (Fsp3) is 0.571. The van der Waals surface area contributed by atoms with Crippen molar-refractivity contribution in [3.8, 4) is 0 Å². The van der Waals surface area contributed by atoms with E-state index in [0.29, 0.717) is 5.41 Å². The SMILES string of the molecule is Brc1cccc(N2CC3(CCCCC3)C2)c1. The minimum absolute atomic E-state index is 0.681. The molecular formula is C14H18BrN. The minimum atomic E-state index is 0.681. The van der Waals surface area contributed by atoms with Crippen LogP contribution in [-0.4, -0.2) is 13.1 Å². The average Bonchev–Trinajstić information content (AvgIpc) is 2.27. The maximum Gasteiger partial charge on any atom is 0.0377 e. The molecule has 0 amide bonds. The first kappa shape index (κ1) is 10.6. The van der Waals surface area contributed by atoms with Crippen LogP contribution in [0.15, 0.2) is 28.7 Å². The van der Waals surface area contributed by atoms with Gasteiger partial charge in [-0.3, -0.25) is 0 Å². The lowest BCUT2D eigenvalue weighted by molar-refractivity contribution is 0.139. The molecule has 1 aliphatic heterocycles. The molecule has 86 valence electrons. The molecule has 1 aromatic rings. The zero-order valence-corrected chi connectivity index (χ0v) is 11.2. The maximum absolute atomic E-state index is 3.54. The van der Waals surface area contributed by atoms with E-state index in [1.807, 2.05) is 0 Å². The molecule has 1 aliphatic carbocycles. The molecule has 1 saturated carbocycles. The molecule has 2 aliphatic rings. The van der Waals surface area contributed by atoms with Gasteiger partial charge >= 0.3 is 0 Å². The second-order valence-electron chi connectivity index (χ2n) is 5.40. The molecule has 1 spiro atoms. The Morgan fingerprint density at radius 2 is 1.81 bits per heavy atom. The van der Waals surface area contributed by atoms with Crippen molar-refractivity contribution in [2.45, 2.75) is 32.1 Å². The average molecular weight is 280 g/mol. The molecule has 2 heteroatoms. The number of hydrogen-bond acceptors (Lipinski definition) is 1. The Hall–Kier alpha value is -0.500. The van der Waals surface area contributed by atoms with Gasteiger partial charge < -0.3 is 4.90 Å². The molecule has 2 fully saturated rings. The first-order chi connectivity index (χ1) is 7.77. The van der Waals surface area contributed by atoms with Crippen molar-refractivity contribution in [2.75, 3.05) is 18.0 Å². The van der Waals surface area contributed by atoms with E-state index in [4.69, 9.17) is 0 Å². The molecule has 0 bridgehead atoms. The standard InChI is InChI=1S/C14H18BrN/c15-12-5-4-6-13(9-12)16-10-14(11-16)7-2-1-3-8-14/h4-6,9H,1-3,7-8,10-11H2. The van der Waals surface area contributed by atoms with Crippen LogP contribution in [0.25, 0.3) is 0 Å². The molecule has 0 atom stereocenters. The Balaban J connectivity index is 1.68. The van der Waals surface area contributed by atoms with Gasteiger partial charge in [-0.2, -0.15) is 0 Å². The van der Waals surface area contributed by atoms with Gasteiger partial charge in [0.25, 0.3) is 0 Å². The van der Waals surface area contributed by atoms with E-state index in [9.17, 15) is 0 Å². The van der Waals surface area contributed by atoms with Crippen molar-refractivity contribution < 1.29 is 0 Å². The number of hydrogen-bond donors (Lipinski definition) is 0. The van der Waals surface area contributed by atoms with Crippen molar-refractivity contribution in [1.29, 1.82) is 0 Å². The summed E-state index contributed by atoms with van der Waals surface area (Å²) in [5.74, 6) is 0. The van der Waals surface area contributed by atoms with Gasteiger partial charge in [0.2, 0.25) is 0 Å². The summed E-state index contributed by atoms with van der Waals surface area (Å²) in [4.78, 5) is 2.52. The summed E-state index contributed by atoms with van der Waals surface area (Å²) in [6.45, 7) is 2.56. The van der Waals surface area contributed by atoms with Crippen LogP contribution in [-0.2, 0) is 0 Å². The molecular weight excluding hydrogens is 262 g/mol. The van der Waals surface area contributed by atoms with Gasteiger partial charge in [0.05, 0.1) is 0 Å². The van der Waals surface area contributed by atoms with E-state index < -0.39 is 0 Å². The number of benzene rings is 1. The lowest BCUT2D eigenvalue weighted by atomic mass is 9.68. The van der Waals surface area contributed by atoms with E-state index in [0.717, 1.165) is 0 Å². The van der Waals surface area contributed by atoms with Gasteiger partial charge in [0.1, 0.15) is 0 Å². The Morgan fingerprint density at radius 3 is 2.50 bits per heavy atom. The molecule has 0 aromatic heterocycles. The summed E-state index contributed by atoms with van der Waals surface area (Å²) < 4.78 is 1.19. The normalized spacial score (nSPS) is 23.2. The van der Waals surface area contributed by atoms with Crippen LogP contribution >= 0.6 is 15.9 Å². The van der Waals surface area contributed by atoms with Crippen LogP contribution in [0.1, 0.15) is 32.1 Å². The van der Waals surface area contributed by atoms with Crippen molar-refractivity contribution in [3.05, 3.63) is 28.7 Å². The molecule has 1 heterocycles. The summed E-state index contributed by atoms with van der Waals surface area (Å²) in [5, 5.41) is 0. The second kappa shape index (κ2) is 4.06. The Kier molecular flexibility index (Phi) is 2.70. The van der Waals surface area contributed by atoms with Gasteiger partial charge in [-0.05, 0) is 31.0 Å². The van der Waals surface area contributed by atoms with Gasteiger partial charge in [0.15, 0.2) is 0 Å². The summed E-state index contributed by atoms with van der Waals surface area (Å²) in [7, 11) is 0. The summed E-state index contributed by atoms with van der Waals surface area (Å²) in [6, 6.07) is 8.68. The fourth-order valence-electron chi connectivity index (χ4n) is 3.24. The monoisotopic (exact) mass is 279 g/mol. The Bertz CT molecular complexity index is 374. The van der Waals surface area contributed by atoms with Gasteiger partial charge in [-0.15, -0.1) is 0 Å². The van der Waals surface area contributed by atoms with Crippen LogP contribution in [0.3, 0.4) is 0 Å². The largest absolute Gasteiger partial charge is 0.370 e. The zero-order chi connectivity index (χ0) is 11.0. The first-order valence-electron chi connectivity index (χ1n) is 6.28. The number of nitrogens with zero attached hydrogens (tertiary/aromatic N) is 1. The number of halogens is 1. The van der Waals surface area contributed by atoms with Crippen molar-refractivity contribution in [3.63, 3.8) is 0 Å². The van der Waals surface area contributed by atoms with Gasteiger partial charge in [-0.25, -0.2) is 0 Å². The van der Waals surface area contributed by atoms with Gasteiger partial charge in [0, 0.05) is 28.7 Å². The highest BCUT2D eigenvalue weighted by atomic mass is 79.9. The van der Waals surface area contributed by atoms with Crippen LogP contribution in [0.4, 0.5) is 5.69 Å². The molecule has 0 radical (unpaired) electrons. The van der Waals surface area contributed by atoms with Crippen LogP contribution in [0.2, 0.25) is 0 Å². The minimum Gasteiger partial charge on any atom is -0.370 e. The van der Waals surface area contributed by atoms with Crippen molar-refractivity contribution in [2.24, 2.45) is 5.41 Å². The highest BCUT2D eigenvalue weighted by molar-refractivity contribution is 9.10. The molecule has 1 saturated heterocycles. The van der Waals surface area contributed by atoms with Crippen LogP contribution < -0.4 is 4.90 Å². The summed E-state index contributed by atoms with van der Waals surface area (Å²) in [5.41, 5.74) is 2.06. The quantitative estimate of drug-likeness (QED) is 0.744. The topological polar surface area (TPSA) is 3.24 Å². The van der Waals surface area contributed by atoms with E-state index in [1.54, 1.807) is 0 Å². The fourth-order valence-corrected chi connectivity index (χ4v) is 3.62. The Morgan fingerprint density at radius 1 is 1.06 bits per heavy atom. The molecule has 0 N–H and O–H groups in total. The maximum atomic E-state index is 3.54. The third-order valence-electron chi connectivity index (χ3n) is 4.14. The Labute approximate surface area is 106 Å². The van der Waals surface area contributed by atoms with Crippen LogP contribution in [0, 0.1) is 5.41 Å². The predicted molar refractivity (Wildman–Crippen MR) is 71.9 cm³/mol. The molecule has 3 rings (SSSR count). The van der Waals surface area contributed by atoms with E-state index in [1.165, 1.54) is 55.4 Å². The third kappa shape index (κ3) is 1.88.